The molecule has 0 bridgehead atoms. The number of nitrogens with one attached hydrogen (secondary N) is 1. The normalized spacial score (nSPS) is 10.5. The average molecular weight is 297 g/mol. The fourth-order valence-electron chi connectivity index (χ4n) is 1.48. The zero-order chi connectivity index (χ0) is 12.4. The Morgan fingerprint density at radius 3 is 2.82 bits per heavy atom. The third-order valence-electron chi connectivity index (χ3n) is 2.28. The van der Waals surface area contributed by atoms with Crippen LogP contribution in [0.1, 0.15) is 5.69 Å². The molecule has 0 saturated heterocycles. The quantitative estimate of drug-likeness (QED) is 0.670. The van der Waals surface area contributed by atoms with Crippen molar-refractivity contribution in [1.82, 2.24) is 10.2 Å². The van der Waals surface area contributed by atoms with Crippen LogP contribution in [-0.4, -0.2) is 15.1 Å². The molecule has 7 heteroatoms. The number of H-pyrrole nitrogens is 1. The Morgan fingerprint density at radius 1 is 1.47 bits per heavy atom. The maximum absolute atomic E-state index is 10.9. The van der Waals surface area contributed by atoms with Gasteiger partial charge in [0.2, 0.25) is 0 Å². The first-order valence-corrected chi connectivity index (χ1v) is 5.60. The minimum atomic E-state index is -0.434. The number of aromatic amines is 1. The molecule has 6 nitrogen and oxygen atoms in total. The molecule has 0 aliphatic carbocycles. The predicted molar refractivity (Wildman–Crippen MR) is 66.3 cm³/mol. The van der Waals surface area contributed by atoms with Crippen molar-refractivity contribution >= 4 is 21.6 Å². The average Bonchev–Trinajstić information content (AvgIpc) is 2.77. The molecule has 1 heterocycles. The van der Waals surface area contributed by atoms with Gasteiger partial charge in [-0.2, -0.15) is 5.10 Å². The summed E-state index contributed by atoms with van der Waals surface area (Å²) in [6, 6.07) is 6.54. The maximum Gasteiger partial charge on any atom is 0.279 e. The number of rotatable bonds is 3. The molecule has 0 aliphatic heterocycles. The van der Waals surface area contributed by atoms with Crippen LogP contribution in [0, 0.1) is 10.1 Å². The van der Waals surface area contributed by atoms with Crippen LogP contribution in [0.15, 0.2) is 28.7 Å². The van der Waals surface area contributed by atoms with Gasteiger partial charge < -0.3 is 5.73 Å². The Hall–Kier alpha value is -1.73. The summed E-state index contributed by atoms with van der Waals surface area (Å²) in [7, 11) is 0. The van der Waals surface area contributed by atoms with E-state index in [0.29, 0.717) is 22.3 Å². The summed E-state index contributed by atoms with van der Waals surface area (Å²) in [6.45, 7) is 0.317. The van der Waals surface area contributed by atoms with Gasteiger partial charge in [-0.3, -0.25) is 15.2 Å². The van der Waals surface area contributed by atoms with E-state index in [2.05, 4.69) is 26.1 Å². The van der Waals surface area contributed by atoms with Crippen molar-refractivity contribution in [2.45, 2.75) is 6.54 Å². The summed E-state index contributed by atoms with van der Waals surface area (Å²) in [5.74, 6) is 0. The number of nitro benzene ring substituents is 1. The molecule has 0 unspecified atom stereocenters. The molecule has 2 rings (SSSR count). The van der Waals surface area contributed by atoms with Gasteiger partial charge in [0.15, 0.2) is 0 Å². The monoisotopic (exact) mass is 296 g/mol. The first kappa shape index (κ1) is 11.7. The Bertz CT molecular complexity index is 567. The third kappa shape index (κ3) is 2.34. The summed E-state index contributed by atoms with van der Waals surface area (Å²) < 4.78 is 0.655. The second-order valence-electron chi connectivity index (χ2n) is 3.40. The van der Waals surface area contributed by atoms with Crippen molar-refractivity contribution < 1.29 is 4.92 Å². The Labute approximate surface area is 105 Å². The van der Waals surface area contributed by atoms with Gasteiger partial charge in [0, 0.05) is 22.8 Å². The highest BCUT2D eigenvalue weighted by molar-refractivity contribution is 9.10. The molecule has 1 aromatic carbocycles. The molecule has 0 aliphatic rings. The SMILES string of the molecule is NCc1cc(-c2ccc(Br)cc2[N+](=O)[O-])n[nH]1. The molecular weight excluding hydrogens is 288 g/mol. The lowest BCUT2D eigenvalue weighted by molar-refractivity contribution is -0.384. The number of hydrogen-bond donors (Lipinski definition) is 2. The van der Waals surface area contributed by atoms with E-state index in [-0.39, 0.29) is 5.69 Å². The van der Waals surface area contributed by atoms with Crippen LogP contribution in [0.3, 0.4) is 0 Å². The number of nitro groups is 1. The topological polar surface area (TPSA) is 97.8 Å². The largest absolute Gasteiger partial charge is 0.325 e. The van der Waals surface area contributed by atoms with Crippen molar-refractivity contribution in [2.24, 2.45) is 5.73 Å². The van der Waals surface area contributed by atoms with Gasteiger partial charge in [-0.05, 0) is 18.2 Å². The van der Waals surface area contributed by atoms with E-state index in [4.69, 9.17) is 5.73 Å². The van der Waals surface area contributed by atoms with E-state index in [9.17, 15) is 10.1 Å². The van der Waals surface area contributed by atoms with Crippen molar-refractivity contribution in [2.75, 3.05) is 0 Å². The smallest absolute Gasteiger partial charge is 0.279 e. The Morgan fingerprint density at radius 2 is 2.24 bits per heavy atom. The highest BCUT2D eigenvalue weighted by atomic mass is 79.9. The van der Waals surface area contributed by atoms with E-state index in [1.807, 2.05) is 0 Å². The number of benzene rings is 1. The van der Waals surface area contributed by atoms with E-state index in [1.54, 1.807) is 18.2 Å². The van der Waals surface area contributed by atoms with E-state index in [1.165, 1.54) is 6.07 Å². The number of halogens is 1. The van der Waals surface area contributed by atoms with Gasteiger partial charge >= 0.3 is 0 Å². The second kappa shape index (κ2) is 4.64. The molecule has 0 amide bonds. The van der Waals surface area contributed by atoms with Gasteiger partial charge in [-0.1, -0.05) is 15.9 Å². The van der Waals surface area contributed by atoms with Crippen LogP contribution in [0.2, 0.25) is 0 Å². The van der Waals surface area contributed by atoms with E-state index in [0.717, 1.165) is 5.69 Å². The summed E-state index contributed by atoms with van der Waals surface area (Å²) >= 11 is 3.20. The van der Waals surface area contributed by atoms with Gasteiger partial charge in [-0.15, -0.1) is 0 Å². The Balaban J connectivity index is 2.54. The van der Waals surface area contributed by atoms with E-state index >= 15 is 0 Å². The molecule has 3 N–H and O–H groups in total. The summed E-state index contributed by atoms with van der Waals surface area (Å²) in [6.07, 6.45) is 0. The molecule has 88 valence electrons. The van der Waals surface area contributed by atoms with E-state index < -0.39 is 4.92 Å². The zero-order valence-corrected chi connectivity index (χ0v) is 10.3. The summed E-state index contributed by atoms with van der Waals surface area (Å²) in [5.41, 5.74) is 7.18. The first-order valence-electron chi connectivity index (χ1n) is 4.80. The molecule has 17 heavy (non-hydrogen) atoms. The molecule has 0 saturated carbocycles. The predicted octanol–water partition coefficient (Wildman–Crippen LogP) is 2.21. The van der Waals surface area contributed by atoms with Crippen molar-refractivity contribution in [3.05, 3.63) is 44.5 Å². The minimum Gasteiger partial charge on any atom is -0.325 e. The van der Waals surface area contributed by atoms with Gasteiger partial charge in [0.25, 0.3) is 5.69 Å². The van der Waals surface area contributed by atoms with Gasteiger partial charge in [0.05, 0.1) is 16.2 Å². The molecule has 2 aromatic rings. The fraction of sp³-hybridized carbons (Fsp3) is 0.100. The number of nitrogens with two attached hydrogens (primary N) is 1. The number of nitrogens with zero attached hydrogens (tertiary/aromatic N) is 2. The molecule has 0 atom stereocenters. The maximum atomic E-state index is 10.9. The molecule has 0 spiro atoms. The highest BCUT2D eigenvalue weighted by Crippen LogP contribution is 2.31. The third-order valence-corrected chi connectivity index (χ3v) is 2.78. The molecular formula is C10H9BrN4O2. The highest BCUT2D eigenvalue weighted by Gasteiger charge is 2.17. The van der Waals surface area contributed by atoms with Gasteiger partial charge in [-0.25, -0.2) is 0 Å². The van der Waals surface area contributed by atoms with Crippen LogP contribution in [0.25, 0.3) is 11.3 Å². The lowest BCUT2D eigenvalue weighted by Crippen LogP contribution is -1.95. The van der Waals surface area contributed by atoms with Crippen molar-refractivity contribution in [3.63, 3.8) is 0 Å². The minimum absolute atomic E-state index is 0.00875. The Kier molecular flexibility index (Phi) is 3.21. The van der Waals surface area contributed by atoms with Crippen LogP contribution in [-0.2, 0) is 6.54 Å². The molecule has 0 radical (unpaired) electrons. The van der Waals surface area contributed by atoms with Crippen molar-refractivity contribution in [1.29, 1.82) is 0 Å². The summed E-state index contributed by atoms with van der Waals surface area (Å²) in [5, 5.41) is 17.7. The second-order valence-corrected chi connectivity index (χ2v) is 4.32. The fourth-order valence-corrected chi connectivity index (χ4v) is 1.83. The zero-order valence-electron chi connectivity index (χ0n) is 8.68. The van der Waals surface area contributed by atoms with Crippen LogP contribution in [0.5, 0.6) is 0 Å². The standard InChI is InChI=1S/C10H9BrN4O2/c11-6-1-2-8(10(3-6)15(16)17)9-4-7(5-12)13-14-9/h1-4H,5,12H2,(H,13,14). The number of aromatic nitrogens is 2. The summed E-state index contributed by atoms with van der Waals surface area (Å²) in [4.78, 5) is 10.5. The van der Waals surface area contributed by atoms with Gasteiger partial charge in [0.1, 0.15) is 0 Å². The molecule has 0 fully saturated rings. The number of hydrogen-bond acceptors (Lipinski definition) is 4. The lowest BCUT2D eigenvalue weighted by Gasteiger charge is -1.99. The van der Waals surface area contributed by atoms with Crippen molar-refractivity contribution in [3.8, 4) is 11.3 Å². The van der Waals surface area contributed by atoms with Crippen LogP contribution in [0.4, 0.5) is 5.69 Å². The van der Waals surface area contributed by atoms with Crippen LogP contribution < -0.4 is 5.73 Å². The first-order chi connectivity index (χ1) is 8.11. The van der Waals surface area contributed by atoms with Crippen LogP contribution >= 0.6 is 15.9 Å². The lowest BCUT2D eigenvalue weighted by atomic mass is 10.1. The molecule has 1 aromatic heterocycles.